The lowest BCUT2D eigenvalue weighted by Crippen LogP contribution is -2.05. The van der Waals surface area contributed by atoms with E-state index in [2.05, 4.69) is 10.1 Å². The number of aryl methyl sites for hydroxylation is 2. The molecule has 1 aromatic rings. The predicted octanol–water partition coefficient (Wildman–Crippen LogP) is 1.57. The third kappa shape index (κ3) is 3.34. The van der Waals surface area contributed by atoms with Gasteiger partial charge in [0.2, 0.25) is 0 Å². The Kier molecular flexibility index (Phi) is 3.82. The number of carboxylic acids is 1. The second-order valence-corrected chi connectivity index (χ2v) is 3.89. The van der Waals surface area contributed by atoms with Crippen LogP contribution in [-0.2, 0) is 11.3 Å². The molecule has 1 N–H and O–H groups in total. The van der Waals surface area contributed by atoms with Gasteiger partial charge in [-0.2, -0.15) is 5.10 Å². The molecule has 1 rings (SSSR count). The number of aromatic nitrogens is 3. The first-order valence-electron chi connectivity index (χ1n) is 5.14. The topological polar surface area (TPSA) is 68.0 Å². The SMILES string of the molecule is Cc1nc(C(C)C)nn1CCCC(=O)O. The second-order valence-electron chi connectivity index (χ2n) is 3.89. The van der Waals surface area contributed by atoms with Crippen LogP contribution < -0.4 is 0 Å². The standard InChI is InChI=1S/C10H17N3O2/c1-7(2)10-11-8(3)13(12-10)6-4-5-9(14)15/h7H,4-6H2,1-3H3,(H,14,15). The van der Waals surface area contributed by atoms with E-state index >= 15 is 0 Å². The average Bonchev–Trinajstić information content (AvgIpc) is 2.47. The average molecular weight is 211 g/mol. The van der Waals surface area contributed by atoms with Crippen LogP contribution in [0.4, 0.5) is 0 Å². The van der Waals surface area contributed by atoms with Crippen molar-refractivity contribution in [1.82, 2.24) is 14.8 Å². The predicted molar refractivity (Wildman–Crippen MR) is 55.7 cm³/mol. The number of nitrogens with zero attached hydrogens (tertiary/aromatic N) is 3. The molecule has 0 amide bonds. The minimum Gasteiger partial charge on any atom is -0.481 e. The van der Waals surface area contributed by atoms with E-state index in [1.165, 1.54) is 0 Å². The molecule has 0 saturated carbocycles. The zero-order valence-corrected chi connectivity index (χ0v) is 9.40. The molecule has 0 aliphatic carbocycles. The van der Waals surface area contributed by atoms with Crippen LogP contribution >= 0.6 is 0 Å². The highest BCUT2D eigenvalue weighted by molar-refractivity contribution is 5.66. The van der Waals surface area contributed by atoms with Gasteiger partial charge in [0.1, 0.15) is 5.82 Å². The fourth-order valence-electron chi connectivity index (χ4n) is 1.28. The molecule has 5 heteroatoms. The van der Waals surface area contributed by atoms with Crippen LogP contribution in [0.25, 0.3) is 0 Å². The van der Waals surface area contributed by atoms with E-state index in [9.17, 15) is 4.79 Å². The summed E-state index contributed by atoms with van der Waals surface area (Å²) in [6.45, 7) is 6.59. The smallest absolute Gasteiger partial charge is 0.303 e. The molecule has 0 saturated heterocycles. The van der Waals surface area contributed by atoms with Crippen LogP contribution in [-0.4, -0.2) is 25.8 Å². The Morgan fingerprint density at radius 1 is 1.53 bits per heavy atom. The number of carbonyl (C=O) groups is 1. The van der Waals surface area contributed by atoms with Crippen molar-refractivity contribution in [3.05, 3.63) is 11.6 Å². The van der Waals surface area contributed by atoms with Gasteiger partial charge >= 0.3 is 5.97 Å². The molecule has 1 heterocycles. The molecule has 15 heavy (non-hydrogen) atoms. The van der Waals surface area contributed by atoms with Gasteiger partial charge in [0, 0.05) is 18.9 Å². The molecule has 0 spiro atoms. The van der Waals surface area contributed by atoms with E-state index in [0.29, 0.717) is 18.9 Å². The summed E-state index contributed by atoms with van der Waals surface area (Å²) in [5.74, 6) is 1.22. The van der Waals surface area contributed by atoms with Crippen molar-refractivity contribution in [3.8, 4) is 0 Å². The largest absolute Gasteiger partial charge is 0.481 e. The van der Waals surface area contributed by atoms with E-state index in [-0.39, 0.29) is 6.42 Å². The number of rotatable bonds is 5. The molecule has 0 fully saturated rings. The first-order chi connectivity index (χ1) is 7.00. The van der Waals surface area contributed by atoms with E-state index in [4.69, 9.17) is 5.11 Å². The van der Waals surface area contributed by atoms with Gasteiger partial charge in [-0.25, -0.2) is 4.98 Å². The van der Waals surface area contributed by atoms with Gasteiger partial charge in [-0.15, -0.1) is 0 Å². The van der Waals surface area contributed by atoms with Crippen LogP contribution in [0.15, 0.2) is 0 Å². The molecule has 0 atom stereocenters. The van der Waals surface area contributed by atoms with Gasteiger partial charge < -0.3 is 5.11 Å². The molecule has 5 nitrogen and oxygen atoms in total. The monoisotopic (exact) mass is 211 g/mol. The fourth-order valence-corrected chi connectivity index (χ4v) is 1.28. The van der Waals surface area contributed by atoms with Gasteiger partial charge in [0.15, 0.2) is 5.82 Å². The maximum Gasteiger partial charge on any atom is 0.303 e. The van der Waals surface area contributed by atoms with Crippen LogP contribution in [0.1, 0.15) is 44.3 Å². The molecule has 0 aromatic carbocycles. The number of aliphatic carboxylic acids is 1. The summed E-state index contributed by atoms with van der Waals surface area (Å²) in [7, 11) is 0. The Hall–Kier alpha value is -1.39. The molecule has 0 aliphatic heterocycles. The van der Waals surface area contributed by atoms with Crippen molar-refractivity contribution in [3.63, 3.8) is 0 Å². The van der Waals surface area contributed by atoms with Gasteiger partial charge in [-0.1, -0.05) is 13.8 Å². The third-order valence-electron chi connectivity index (χ3n) is 2.15. The first kappa shape index (κ1) is 11.7. The van der Waals surface area contributed by atoms with Crippen molar-refractivity contribution in [1.29, 1.82) is 0 Å². The van der Waals surface area contributed by atoms with Crippen LogP contribution in [0, 0.1) is 6.92 Å². The zero-order valence-electron chi connectivity index (χ0n) is 9.40. The Morgan fingerprint density at radius 2 is 2.20 bits per heavy atom. The minimum atomic E-state index is -0.767. The van der Waals surface area contributed by atoms with Crippen LogP contribution in [0.3, 0.4) is 0 Å². The van der Waals surface area contributed by atoms with Gasteiger partial charge in [-0.3, -0.25) is 9.48 Å². The van der Waals surface area contributed by atoms with Gasteiger partial charge in [-0.05, 0) is 13.3 Å². The second kappa shape index (κ2) is 4.91. The normalized spacial score (nSPS) is 10.9. The Labute approximate surface area is 89.1 Å². The summed E-state index contributed by atoms with van der Waals surface area (Å²) >= 11 is 0. The quantitative estimate of drug-likeness (QED) is 0.802. The lowest BCUT2D eigenvalue weighted by molar-refractivity contribution is -0.137. The molecule has 84 valence electrons. The van der Waals surface area contributed by atoms with Crippen LogP contribution in [0.2, 0.25) is 0 Å². The number of hydrogen-bond donors (Lipinski definition) is 1. The summed E-state index contributed by atoms with van der Waals surface area (Å²) in [5.41, 5.74) is 0. The van der Waals surface area contributed by atoms with Crippen molar-refractivity contribution in [2.24, 2.45) is 0 Å². The summed E-state index contributed by atoms with van der Waals surface area (Å²) in [6, 6.07) is 0. The summed E-state index contributed by atoms with van der Waals surface area (Å²) in [4.78, 5) is 14.7. The summed E-state index contributed by atoms with van der Waals surface area (Å²) in [5, 5.41) is 12.8. The maximum absolute atomic E-state index is 10.3. The molecule has 0 unspecified atom stereocenters. The van der Waals surface area contributed by atoms with E-state index in [1.807, 2.05) is 20.8 Å². The Morgan fingerprint density at radius 3 is 2.67 bits per heavy atom. The molecular formula is C10H17N3O2. The van der Waals surface area contributed by atoms with E-state index in [1.54, 1.807) is 4.68 Å². The summed E-state index contributed by atoms with van der Waals surface area (Å²) < 4.78 is 1.78. The maximum atomic E-state index is 10.3. The molecule has 0 bridgehead atoms. The van der Waals surface area contributed by atoms with Crippen molar-refractivity contribution >= 4 is 5.97 Å². The van der Waals surface area contributed by atoms with E-state index in [0.717, 1.165) is 11.6 Å². The Balaban J connectivity index is 2.57. The highest BCUT2D eigenvalue weighted by Gasteiger charge is 2.09. The number of carboxylic acid groups (broad SMARTS) is 1. The molecule has 0 radical (unpaired) electrons. The van der Waals surface area contributed by atoms with Gasteiger partial charge in [0.05, 0.1) is 0 Å². The summed E-state index contributed by atoms with van der Waals surface area (Å²) in [6.07, 6.45) is 0.771. The molecule has 1 aromatic heterocycles. The fraction of sp³-hybridized carbons (Fsp3) is 0.700. The highest BCUT2D eigenvalue weighted by atomic mass is 16.4. The van der Waals surface area contributed by atoms with Crippen molar-refractivity contribution in [2.45, 2.75) is 46.1 Å². The lowest BCUT2D eigenvalue weighted by atomic mass is 10.2. The van der Waals surface area contributed by atoms with Gasteiger partial charge in [0.25, 0.3) is 0 Å². The van der Waals surface area contributed by atoms with Crippen molar-refractivity contribution < 1.29 is 9.90 Å². The molecular weight excluding hydrogens is 194 g/mol. The third-order valence-corrected chi connectivity index (χ3v) is 2.15. The first-order valence-corrected chi connectivity index (χ1v) is 5.14. The number of hydrogen-bond acceptors (Lipinski definition) is 3. The van der Waals surface area contributed by atoms with Crippen molar-refractivity contribution in [2.75, 3.05) is 0 Å². The van der Waals surface area contributed by atoms with E-state index < -0.39 is 5.97 Å². The Bertz CT molecular complexity index is 344. The minimum absolute atomic E-state index is 0.177. The zero-order chi connectivity index (χ0) is 11.4. The van der Waals surface area contributed by atoms with Crippen LogP contribution in [0.5, 0.6) is 0 Å². The molecule has 0 aliphatic rings. The lowest BCUT2D eigenvalue weighted by Gasteiger charge is -2.00. The highest BCUT2D eigenvalue weighted by Crippen LogP contribution is 2.10.